The Kier molecular flexibility index (Phi) is 6.69. The van der Waals surface area contributed by atoms with Gasteiger partial charge in [0.25, 0.3) is 0 Å². The highest BCUT2D eigenvalue weighted by Crippen LogP contribution is 2.29. The first-order valence-electron chi connectivity index (χ1n) is 11.4. The van der Waals surface area contributed by atoms with Crippen LogP contribution in [0.4, 0.5) is 26.4 Å². The van der Waals surface area contributed by atoms with Crippen molar-refractivity contribution in [2.45, 2.75) is 6.42 Å². The third kappa shape index (κ3) is 5.35. The molecule has 0 atom stereocenters. The molecule has 8 heteroatoms. The van der Waals surface area contributed by atoms with E-state index >= 15 is 0 Å². The number of nitrogens with zero attached hydrogens (tertiary/aromatic N) is 3. The highest BCUT2D eigenvalue weighted by molar-refractivity contribution is 7.13. The summed E-state index contributed by atoms with van der Waals surface area (Å²) < 4.78 is 18.9. The van der Waals surface area contributed by atoms with E-state index in [0.717, 1.165) is 45.0 Å². The number of nitrogens with one attached hydrogen (secondary N) is 2. The van der Waals surface area contributed by atoms with Gasteiger partial charge in [0.1, 0.15) is 11.6 Å². The molecule has 1 aliphatic rings. The first-order chi connectivity index (χ1) is 16.6. The Bertz CT molecular complexity index is 1250. The predicted molar refractivity (Wildman–Crippen MR) is 137 cm³/mol. The average Bonchev–Trinajstić information content (AvgIpc) is 3.30. The maximum atomic E-state index is 13.0. The molecule has 6 nitrogen and oxygen atoms in total. The number of urea groups is 1. The maximum Gasteiger partial charge on any atom is 0.323 e. The van der Waals surface area contributed by atoms with E-state index in [0.29, 0.717) is 11.4 Å². The first-order valence-corrected chi connectivity index (χ1v) is 12.2. The minimum Gasteiger partial charge on any atom is -0.353 e. The highest BCUT2D eigenvalue weighted by atomic mass is 32.1. The Morgan fingerprint density at radius 3 is 2.24 bits per heavy atom. The van der Waals surface area contributed by atoms with Gasteiger partial charge in [-0.15, -0.1) is 0 Å². The van der Waals surface area contributed by atoms with E-state index in [2.05, 4.69) is 44.7 Å². The number of halogens is 1. The maximum absolute atomic E-state index is 13.0. The summed E-state index contributed by atoms with van der Waals surface area (Å²) in [5.74, 6) is 0.781. The molecule has 2 amide bonds. The number of hydrogen-bond acceptors (Lipinski definition) is 5. The predicted octanol–water partition coefficient (Wildman–Crippen LogP) is 5.44. The quantitative estimate of drug-likeness (QED) is 0.390. The Balaban J connectivity index is 1.07. The van der Waals surface area contributed by atoms with Crippen LogP contribution in [0.3, 0.4) is 0 Å². The molecule has 0 unspecified atom stereocenters. The minimum absolute atomic E-state index is 0.337. The summed E-state index contributed by atoms with van der Waals surface area (Å²) in [4.78, 5) is 17.0. The van der Waals surface area contributed by atoms with E-state index in [9.17, 15) is 9.18 Å². The standard InChI is InChI=1S/C26H26FN5OS/c27-20-7-11-22(12-8-20)29-26(33)28-21-9-5-19(6-10-21)13-14-31-15-17-32(18-16-31)25-23-3-1-2-4-24(23)34-30-25/h1-12H,13-18H2,(H2,28,29,33). The third-order valence-electron chi connectivity index (χ3n) is 6.06. The molecule has 1 aliphatic heterocycles. The molecular weight excluding hydrogens is 449 g/mol. The molecule has 2 heterocycles. The summed E-state index contributed by atoms with van der Waals surface area (Å²) >= 11 is 1.57. The molecule has 0 aliphatic carbocycles. The van der Waals surface area contributed by atoms with Gasteiger partial charge in [0.2, 0.25) is 0 Å². The molecule has 3 aromatic carbocycles. The van der Waals surface area contributed by atoms with Gasteiger partial charge in [-0.25, -0.2) is 9.18 Å². The lowest BCUT2D eigenvalue weighted by Crippen LogP contribution is -2.47. The summed E-state index contributed by atoms with van der Waals surface area (Å²) in [6.45, 7) is 5.02. The summed E-state index contributed by atoms with van der Waals surface area (Å²) in [6, 6.07) is 21.7. The highest BCUT2D eigenvalue weighted by Gasteiger charge is 2.20. The molecule has 174 valence electrons. The van der Waals surface area contributed by atoms with Crippen LogP contribution in [-0.4, -0.2) is 48.0 Å². The van der Waals surface area contributed by atoms with Crippen LogP contribution in [0.25, 0.3) is 10.1 Å². The van der Waals surface area contributed by atoms with Crippen molar-refractivity contribution in [3.8, 4) is 0 Å². The molecule has 0 radical (unpaired) electrons. The zero-order valence-electron chi connectivity index (χ0n) is 18.7. The summed E-state index contributed by atoms with van der Waals surface area (Å²) in [5.41, 5.74) is 2.49. The molecule has 1 aromatic heterocycles. The summed E-state index contributed by atoms with van der Waals surface area (Å²) in [5, 5.41) is 6.75. The Morgan fingerprint density at radius 1 is 0.882 bits per heavy atom. The molecule has 5 rings (SSSR count). The lowest BCUT2D eigenvalue weighted by molar-refractivity contribution is 0.260. The van der Waals surface area contributed by atoms with Crippen molar-refractivity contribution in [1.29, 1.82) is 0 Å². The van der Waals surface area contributed by atoms with Crippen molar-refractivity contribution in [3.05, 3.63) is 84.2 Å². The SMILES string of the molecule is O=C(Nc1ccc(F)cc1)Nc1ccc(CCN2CCN(c3nsc4ccccc34)CC2)cc1. The number of aromatic nitrogens is 1. The van der Waals surface area contributed by atoms with E-state index in [1.807, 2.05) is 24.3 Å². The molecule has 0 saturated carbocycles. The Hall–Kier alpha value is -3.49. The van der Waals surface area contributed by atoms with E-state index in [4.69, 9.17) is 4.37 Å². The van der Waals surface area contributed by atoms with Crippen LogP contribution in [0.2, 0.25) is 0 Å². The number of hydrogen-bond donors (Lipinski definition) is 2. The number of carbonyl (C=O) groups is 1. The molecule has 2 N–H and O–H groups in total. The van der Waals surface area contributed by atoms with Gasteiger partial charge in [0.15, 0.2) is 0 Å². The lowest BCUT2D eigenvalue weighted by Gasteiger charge is -2.35. The van der Waals surface area contributed by atoms with E-state index in [1.165, 1.54) is 39.9 Å². The van der Waals surface area contributed by atoms with Crippen molar-refractivity contribution in [3.63, 3.8) is 0 Å². The zero-order chi connectivity index (χ0) is 23.3. The van der Waals surface area contributed by atoms with Gasteiger partial charge in [0.05, 0.1) is 4.70 Å². The zero-order valence-corrected chi connectivity index (χ0v) is 19.5. The van der Waals surface area contributed by atoms with Crippen LogP contribution in [0.15, 0.2) is 72.8 Å². The molecule has 0 spiro atoms. The molecule has 34 heavy (non-hydrogen) atoms. The smallest absolute Gasteiger partial charge is 0.323 e. The van der Waals surface area contributed by atoms with E-state index in [-0.39, 0.29) is 11.8 Å². The molecular formula is C26H26FN5OS. The van der Waals surface area contributed by atoms with Crippen LogP contribution >= 0.6 is 11.5 Å². The number of amides is 2. The number of fused-ring (bicyclic) bond motifs is 1. The molecule has 1 fully saturated rings. The van der Waals surface area contributed by atoms with Crippen molar-refractivity contribution in [1.82, 2.24) is 9.27 Å². The van der Waals surface area contributed by atoms with Gasteiger partial charge >= 0.3 is 6.03 Å². The topological polar surface area (TPSA) is 60.5 Å². The fraction of sp³-hybridized carbons (Fsp3) is 0.231. The second-order valence-corrected chi connectivity index (χ2v) is 9.17. The van der Waals surface area contributed by atoms with E-state index in [1.54, 1.807) is 11.5 Å². The fourth-order valence-electron chi connectivity index (χ4n) is 4.15. The normalized spacial score (nSPS) is 14.3. The van der Waals surface area contributed by atoms with Crippen LogP contribution in [0.1, 0.15) is 5.56 Å². The summed E-state index contributed by atoms with van der Waals surface area (Å²) in [7, 11) is 0. The summed E-state index contributed by atoms with van der Waals surface area (Å²) in [6.07, 6.45) is 0.960. The third-order valence-corrected chi connectivity index (χ3v) is 6.88. The van der Waals surface area contributed by atoms with Crippen LogP contribution in [0, 0.1) is 5.82 Å². The number of piperazine rings is 1. The lowest BCUT2D eigenvalue weighted by atomic mass is 10.1. The second kappa shape index (κ2) is 10.2. The number of benzene rings is 3. The molecule has 1 saturated heterocycles. The Morgan fingerprint density at radius 2 is 1.53 bits per heavy atom. The Labute approximate surface area is 202 Å². The minimum atomic E-state index is -0.356. The van der Waals surface area contributed by atoms with Gasteiger partial charge in [-0.2, -0.15) is 4.37 Å². The van der Waals surface area contributed by atoms with Gasteiger partial charge in [-0.05, 0) is 72.0 Å². The van der Waals surface area contributed by atoms with Crippen molar-refractivity contribution in [2.24, 2.45) is 0 Å². The van der Waals surface area contributed by atoms with E-state index < -0.39 is 0 Å². The van der Waals surface area contributed by atoms with Crippen LogP contribution in [0.5, 0.6) is 0 Å². The van der Waals surface area contributed by atoms with Gasteiger partial charge in [-0.3, -0.25) is 4.90 Å². The average molecular weight is 476 g/mol. The van der Waals surface area contributed by atoms with Crippen LogP contribution < -0.4 is 15.5 Å². The largest absolute Gasteiger partial charge is 0.353 e. The van der Waals surface area contributed by atoms with Crippen LogP contribution in [-0.2, 0) is 6.42 Å². The monoisotopic (exact) mass is 475 g/mol. The fourth-order valence-corrected chi connectivity index (χ4v) is 4.95. The van der Waals surface area contributed by atoms with Gasteiger partial charge < -0.3 is 15.5 Å². The second-order valence-electron chi connectivity index (χ2n) is 8.36. The van der Waals surface area contributed by atoms with Crippen molar-refractivity contribution >= 4 is 44.8 Å². The number of anilines is 3. The van der Waals surface area contributed by atoms with Crippen molar-refractivity contribution < 1.29 is 9.18 Å². The van der Waals surface area contributed by atoms with Gasteiger partial charge in [0, 0.05) is 49.5 Å². The molecule has 4 aromatic rings. The number of carbonyl (C=O) groups excluding carboxylic acids is 1. The molecule has 0 bridgehead atoms. The van der Waals surface area contributed by atoms with Gasteiger partial charge in [-0.1, -0.05) is 24.3 Å². The number of rotatable bonds is 6. The van der Waals surface area contributed by atoms with Crippen molar-refractivity contribution in [2.75, 3.05) is 48.3 Å². The first kappa shape index (κ1) is 22.3.